The predicted octanol–water partition coefficient (Wildman–Crippen LogP) is 3.31. The molecule has 148 valence electrons. The Bertz CT molecular complexity index is 740. The quantitative estimate of drug-likeness (QED) is 0.713. The van der Waals surface area contributed by atoms with Crippen LogP contribution < -0.4 is 20.1 Å². The number of benzene rings is 1. The number of nitrogens with one attached hydrogen (secondary N) is 2. The molecule has 1 unspecified atom stereocenters. The molecule has 0 aliphatic carbocycles. The zero-order valence-electron chi connectivity index (χ0n) is 16.7. The van der Waals surface area contributed by atoms with Gasteiger partial charge < -0.3 is 24.8 Å². The van der Waals surface area contributed by atoms with Gasteiger partial charge in [0.25, 0.3) is 0 Å². The number of amides is 2. The van der Waals surface area contributed by atoms with E-state index in [1.54, 1.807) is 39.2 Å². The Kier molecular flexibility index (Phi) is 6.71. The lowest BCUT2D eigenvalue weighted by molar-refractivity contribution is -0.143. The number of allylic oxidation sites excluding steroid dienone is 1. The zero-order valence-corrected chi connectivity index (χ0v) is 16.7. The van der Waals surface area contributed by atoms with E-state index in [-0.39, 0.29) is 18.1 Å². The Morgan fingerprint density at radius 3 is 2.44 bits per heavy atom. The molecule has 0 aromatic heterocycles. The van der Waals surface area contributed by atoms with Crippen molar-refractivity contribution >= 4 is 12.0 Å². The molecule has 1 aromatic rings. The number of hydrogen-bond donors (Lipinski definition) is 2. The van der Waals surface area contributed by atoms with Crippen molar-refractivity contribution in [2.24, 2.45) is 5.92 Å². The number of rotatable bonds is 7. The number of methoxy groups -OCH3 is 1. The van der Waals surface area contributed by atoms with Gasteiger partial charge in [-0.2, -0.15) is 0 Å². The molecule has 0 saturated carbocycles. The van der Waals surface area contributed by atoms with Gasteiger partial charge in [-0.05, 0) is 44.4 Å². The Balaban J connectivity index is 2.57. The first-order valence-corrected chi connectivity index (χ1v) is 9.11. The largest absolute Gasteiger partial charge is 0.493 e. The SMILES string of the molecule is CCOc1cc(C2NC(=O)NC(C(C)C)=C2C(=O)OC(C)C)ccc1OC. The molecule has 7 heteroatoms. The van der Waals surface area contributed by atoms with E-state index in [1.807, 2.05) is 20.8 Å². The second-order valence-corrected chi connectivity index (χ2v) is 6.81. The highest BCUT2D eigenvalue weighted by Gasteiger charge is 2.35. The highest BCUT2D eigenvalue weighted by atomic mass is 16.5. The van der Waals surface area contributed by atoms with E-state index in [9.17, 15) is 9.59 Å². The molecule has 2 rings (SSSR count). The van der Waals surface area contributed by atoms with Gasteiger partial charge in [0.05, 0.1) is 31.4 Å². The summed E-state index contributed by atoms with van der Waals surface area (Å²) in [5.74, 6) is 0.617. The van der Waals surface area contributed by atoms with Gasteiger partial charge in [0.1, 0.15) is 0 Å². The summed E-state index contributed by atoms with van der Waals surface area (Å²) in [5.41, 5.74) is 1.66. The van der Waals surface area contributed by atoms with Crippen LogP contribution in [0.4, 0.5) is 4.79 Å². The van der Waals surface area contributed by atoms with E-state index < -0.39 is 12.0 Å². The topological polar surface area (TPSA) is 85.9 Å². The third-order valence-electron chi connectivity index (χ3n) is 4.06. The Labute approximate surface area is 160 Å². The summed E-state index contributed by atoms with van der Waals surface area (Å²) in [6.45, 7) is 9.75. The van der Waals surface area contributed by atoms with E-state index in [4.69, 9.17) is 14.2 Å². The Morgan fingerprint density at radius 2 is 1.89 bits per heavy atom. The molecule has 1 atom stereocenters. The van der Waals surface area contributed by atoms with Crippen molar-refractivity contribution in [2.75, 3.05) is 13.7 Å². The summed E-state index contributed by atoms with van der Waals surface area (Å²) < 4.78 is 16.4. The first-order chi connectivity index (χ1) is 12.8. The van der Waals surface area contributed by atoms with Gasteiger partial charge in [0, 0.05) is 5.70 Å². The van der Waals surface area contributed by atoms with Crippen molar-refractivity contribution in [1.82, 2.24) is 10.6 Å². The maximum atomic E-state index is 12.8. The minimum Gasteiger partial charge on any atom is -0.493 e. The van der Waals surface area contributed by atoms with Gasteiger partial charge in [-0.1, -0.05) is 19.9 Å². The third kappa shape index (κ3) is 4.72. The fourth-order valence-corrected chi connectivity index (χ4v) is 2.94. The van der Waals surface area contributed by atoms with Crippen molar-refractivity contribution in [1.29, 1.82) is 0 Å². The molecule has 1 heterocycles. The van der Waals surface area contributed by atoms with E-state index >= 15 is 0 Å². The fraction of sp³-hybridized carbons (Fsp3) is 0.500. The number of hydrogen-bond acceptors (Lipinski definition) is 5. The van der Waals surface area contributed by atoms with Crippen LogP contribution in [0.15, 0.2) is 29.5 Å². The molecular weight excluding hydrogens is 348 g/mol. The van der Waals surface area contributed by atoms with Crippen molar-refractivity contribution in [3.8, 4) is 11.5 Å². The molecule has 0 saturated heterocycles. The second-order valence-electron chi connectivity index (χ2n) is 6.81. The van der Waals surface area contributed by atoms with Crippen LogP contribution in [0.25, 0.3) is 0 Å². The molecule has 0 bridgehead atoms. The maximum Gasteiger partial charge on any atom is 0.338 e. The third-order valence-corrected chi connectivity index (χ3v) is 4.06. The summed E-state index contributed by atoms with van der Waals surface area (Å²) in [7, 11) is 1.56. The summed E-state index contributed by atoms with van der Waals surface area (Å²) in [5, 5.41) is 5.58. The maximum absolute atomic E-state index is 12.8. The summed E-state index contributed by atoms with van der Waals surface area (Å²) in [4.78, 5) is 25.0. The van der Waals surface area contributed by atoms with Crippen LogP contribution in [0.2, 0.25) is 0 Å². The first kappa shape index (κ1) is 20.6. The Hall–Kier alpha value is -2.70. The molecule has 1 aliphatic rings. The first-order valence-electron chi connectivity index (χ1n) is 9.11. The lowest BCUT2D eigenvalue weighted by Crippen LogP contribution is -2.47. The normalized spacial score (nSPS) is 16.9. The van der Waals surface area contributed by atoms with E-state index in [0.29, 0.717) is 34.9 Å². The molecule has 1 aromatic carbocycles. The van der Waals surface area contributed by atoms with Crippen LogP contribution in [0.3, 0.4) is 0 Å². The summed E-state index contributed by atoms with van der Waals surface area (Å²) >= 11 is 0. The molecule has 0 radical (unpaired) electrons. The van der Waals surface area contributed by atoms with Crippen molar-refractivity contribution in [3.05, 3.63) is 35.0 Å². The fourth-order valence-electron chi connectivity index (χ4n) is 2.94. The summed E-state index contributed by atoms with van der Waals surface area (Å²) in [6, 6.07) is 4.33. The van der Waals surface area contributed by atoms with Crippen LogP contribution in [-0.4, -0.2) is 31.8 Å². The second kappa shape index (κ2) is 8.79. The minimum absolute atomic E-state index is 0.0575. The predicted molar refractivity (Wildman–Crippen MR) is 102 cm³/mol. The van der Waals surface area contributed by atoms with Crippen molar-refractivity contribution in [3.63, 3.8) is 0 Å². The average Bonchev–Trinajstić information content (AvgIpc) is 2.60. The smallest absolute Gasteiger partial charge is 0.338 e. The molecule has 0 spiro atoms. The highest BCUT2D eigenvalue weighted by Crippen LogP contribution is 2.35. The van der Waals surface area contributed by atoms with Crippen LogP contribution in [0, 0.1) is 5.92 Å². The van der Waals surface area contributed by atoms with Crippen molar-refractivity contribution in [2.45, 2.75) is 46.8 Å². The lowest BCUT2D eigenvalue weighted by Gasteiger charge is -2.31. The van der Waals surface area contributed by atoms with Gasteiger partial charge in [0.15, 0.2) is 11.5 Å². The molecule has 7 nitrogen and oxygen atoms in total. The Morgan fingerprint density at radius 1 is 1.19 bits per heavy atom. The van der Waals surface area contributed by atoms with E-state index in [2.05, 4.69) is 10.6 Å². The number of ether oxygens (including phenoxy) is 3. The standard InChI is InChI=1S/C20H28N2O5/c1-7-26-15-10-13(8-9-14(15)25-6)18-16(19(23)27-12(4)5)17(11(2)3)21-20(24)22-18/h8-12,18H,7H2,1-6H3,(H2,21,22,24). The molecule has 2 amide bonds. The van der Waals surface area contributed by atoms with Crippen LogP contribution in [0.1, 0.15) is 46.2 Å². The molecule has 27 heavy (non-hydrogen) atoms. The van der Waals surface area contributed by atoms with Gasteiger partial charge in [-0.25, -0.2) is 9.59 Å². The molecule has 0 fully saturated rings. The monoisotopic (exact) mass is 376 g/mol. The molecular formula is C20H28N2O5. The van der Waals surface area contributed by atoms with Crippen LogP contribution in [-0.2, 0) is 9.53 Å². The van der Waals surface area contributed by atoms with Gasteiger partial charge in [0.2, 0.25) is 0 Å². The summed E-state index contributed by atoms with van der Waals surface area (Å²) in [6.07, 6.45) is -0.272. The molecule has 2 N–H and O–H groups in total. The van der Waals surface area contributed by atoms with Gasteiger partial charge in [-0.3, -0.25) is 0 Å². The van der Waals surface area contributed by atoms with Gasteiger partial charge >= 0.3 is 12.0 Å². The van der Waals surface area contributed by atoms with E-state index in [1.165, 1.54) is 0 Å². The lowest BCUT2D eigenvalue weighted by atomic mass is 9.91. The molecule has 1 aliphatic heterocycles. The van der Waals surface area contributed by atoms with Gasteiger partial charge in [-0.15, -0.1) is 0 Å². The number of esters is 1. The van der Waals surface area contributed by atoms with Crippen LogP contribution >= 0.6 is 0 Å². The van der Waals surface area contributed by atoms with Crippen molar-refractivity contribution < 1.29 is 23.8 Å². The zero-order chi connectivity index (χ0) is 20.1. The number of urea groups is 1. The number of carbonyl (C=O) groups is 2. The highest BCUT2D eigenvalue weighted by molar-refractivity contribution is 5.95. The minimum atomic E-state index is -0.646. The van der Waals surface area contributed by atoms with E-state index in [0.717, 1.165) is 0 Å². The average molecular weight is 376 g/mol. The van der Waals surface area contributed by atoms with Crippen LogP contribution in [0.5, 0.6) is 11.5 Å². The number of carbonyl (C=O) groups excluding carboxylic acids is 2.